The van der Waals surface area contributed by atoms with Gasteiger partial charge in [-0.3, -0.25) is 5.10 Å². The van der Waals surface area contributed by atoms with E-state index in [2.05, 4.69) is 36.3 Å². The molecule has 114 valence electrons. The fourth-order valence-electron chi connectivity index (χ4n) is 2.24. The summed E-state index contributed by atoms with van der Waals surface area (Å²) in [7, 11) is 3.29. The maximum atomic E-state index is 5.39. The van der Waals surface area contributed by atoms with Gasteiger partial charge in [0, 0.05) is 23.7 Å². The molecule has 2 aromatic rings. The first-order valence-corrected chi connectivity index (χ1v) is 7.05. The van der Waals surface area contributed by atoms with Gasteiger partial charge in [-0.1, -0.05) is 13.8 Å². The molecule has 1 aromatic heterocycles. The van der Waals surface area contributed by atoms with E-state index < -0.39 is 0 Å². The van der Waals surface area contributed by atoms with E-state index in [4.69, 9.17) is 9.47 Å². The molecule has 0 aliphatic heterocycles. The number of aromatic amines is 1. The summed E-state index contributed by atoms with van der Waals surface area (Å²) in [4.78, 5) is 0. The Bertz CT molecular complexity index is 606. The van der Waals surface area contributed by atoms with Crippen molar-refractivity contribution in [2.75, 3.05) is 14.2 Å². The average molecular weight is 289 g/mol. The Morgan fingerprint density at radius 2 is 1.86 bits per heavy atom. The van der Waals surface area contributed by atoms with Crippen LogP contribution in [0.5, 0.6) is 11.5 Å². The number of H-pyrrole nitrogens is 1. The van der Waals surface area contributed by atoms with Crippen LogP contribution in [-0.4, -0.2) is 30.5 Å². The van der Waals surface area contributed by atoms with Crippen LogP contribution < -0.4 is 14.8 Å². The lowest BCUT2D eigenvalue weighted by molar-refractivity contribution is 0.355. The third-order valence-corrected chi connectivity index (χ3v) is 3.42. The summed E-state index contributed by atoms with van der Waals surface area (Å²) in [6.45, 7) is 7.08. The zero-order chi connectivity index (χ0) is 15.4. The molecule has 0 atom stereocenters. The standard InChI is InChI=1S/C16H23N3O2/c1-10(2)17-8-12-9-18-19-16(12)13-7-15(21-5)14(20-4)6-11(13)3/h6-7,9-10,17H,8H2,1-5H3,(H,18,19). The number of nitrogens with zero attached hydrogens (tertiary/aromatic N) is 1. The van der Waals surface area contributed by atoms with E-state index in [9.17, 15) is 0 Å². The van der Waals surface area contributed by atoms with E-state index in [-0.39, 0.29) is 0 Å². The molecule has 0 spiro atoms. The minimum absolute atomic E-state index is 0.430. The molecule has 5 heteroatoms. The van der Waals surface area contributed by atoms with Crippen LogP contribution in [0, 0.1) is 6.92 Å². The summed E-state index contributed by atoms with van der Waals surface area (Å²) in [5.74, 6) is 1.45. The second-order valence-electron chi connectivity index (χ2n) is 5.33. The molecule has 1 aromatic carbocycles. The van der Waals surface area contributed by atoms with Gasteiger partial charge in [-0.2, -0.15) is 5.10 Å². The maximum absolute atomic E-state index is 5.39. The van der Waals surface area contributed by atoms with Crippen molar-refractivity contribution in [1.29, 1.82) is 0 Å². The molecule has 0 amide bonds. The SMILES string of the molecule is COc1cc(C)c(-c2[nH]ncc2CNC(C)C)cc1OC. The quantitative estimate of drug-likeness (QED) is 0.858. The van der Waals surface area contributed by atoms with Gasteiger partial charge in [-0.05, 0) is 24.6 Å². The van der Waals surface area contributed by atoms with Crippen LogP contribution in [0.3, 0.4) is 0 Å². The van der Waals surface area contributed by atoms with Gasteiger partial charge in [0.1, 0.15) is 0 Å². The summed E-state index contributed by atoms with van der Waals surface area (Å²) >= 11 is 0. The Morgan fingerprint density at radius 3 is 2.48 bits per heavy atom. The number of benzene rings is 1. The number of nitrogens with one attached hydrogen (secondary N) is 2. The molecule has 2 rings (SSSR count). The largest absolute Gasteiger partial charge is 0.493 e. The summed E-state index contributed by atoms with van der Waals surface area (Å²) in [5, 5.41) is 10.7. The normalized spacial score (nSPS) is 11.0. The molecule has 5 nitrogen and oxygen atoms in total. The molecule has 0 unspecified atom stereocenters. The monoisotopic (exact) mass is 289 g/mol. The Morgan fingerprint density at radius 1 is 1.19 bits per heavy atom. The molecule has 0 radical (unpaired) electrons. The zero-order valence-corrected chi connectivity index (χ0v) is 13.3. The van der Waals surface area contributed by atoms with E-state index in [0.717, 1.165) is 40.4 Å². The minimum atomic E-state index is 0.430. The third kappa shape index (κ3) is 3.36. The fourth-order valence-corrected chi connectivity index (χ4v) is 2.24. The van der Waals surface area contributed by atoms with Gasteiger partial charge in [0.15, 0.2) is 11.5 Å². The van der Waals surface area contributed by atoms with Crippen molar-refractivity contribution in [1.82, 2.24) is 15.5 Å². The number of aryl methyl sites for hydroxylation is 1. The van der Waals surface area contributed by atoms with Crippen molar-refractivity contribution in [3.05, 3.63) is 29.5 Å². The molecule has 0 fully saturated rings. The average Bonchev–Trinajstić information content (AvgIpc) is 2.92. The van der Waals surface area contributed by atoms with Crippen LogP contribution in [0.4, 0.5) is 0 Å². The summed E-state index contributed by atoms with van der Waals surface area (Å²) in [6, 6.07) is 4.40. The van der Waals surface area contributed by atoms with Gasteiger partial charge in [0.2, 0.25) is 0 Å². The van der Waals surface area contributed by atoms with Crippen LogP contribution >= 0.6 is 0 Å². The van der Waals surface area contributed by atoms with Gasteiger partial charge >= 0.3 is 0 Å². The zero-order valence-electron chi connectivity index (χ0n) is 13.3. The lowest BCUT2D eigenvalue weighted by Crippen LogP contribution is -2.21. The summed E-state index contributed by atoms with van der Waals surface area (Å²) in [6.07, 6.45) is 1.86. The van der Waals surface area contributed by atoms with Gasteiger partial charge < -0.3 is 14.8 Å². The molecule has 21 heavy (non-hydrogen) atoms. The topological polar surface area (TPSA) is 59.2 Å². The van der Waals surface area contributed by atoms with Crippen molar-refractivity contribution < 1.29 is 9.47 Å². The smallest absolute Gasteiger partial charge is 0.161 e. The van der Waals surface area contributed by atoms with Crippen LogP contribution in [0.15, 0.2) is 18.3 Å². The lowest BCUT2D eigenvalue weighted by Gasteiger charge is -2.13. The third-order valence-electron chi connectivity index (χ3n) is 3.42. The molecular weight excluding hydrogens is 266 g/mol. The number of methoxy groups -OCH3 is 2. The minimum Gasteiger partial charge on any atom is -0.493 e. The number of hydrogen-bond donors (Lipinski definition) is 2. The highest BCUT2D eigenvalue weighted by Gasteiger charge is 2.14. The predicted octanol–water partition coefficient (Wildman–Crippen LogP) is 2.90. The molecule has 0 bridgehead atoms. The van der Waals surface area contributed by atoms with Crippen molar-refractivity contribution >= 4 is 0 Å². The molecule has 0 aliphatic rings. The Kier molecular flexibility index (Phi) is 4.85. The van der Waals surface area contributed by atoms with Crippen LogP contribution in [0.1, 0.15) is 25.0 Å². The molecule has 1 heterocycles. The molecule has 2 N–H and O–H groups in total. The molecule has 0 saturated carbocycles. The fraction of sp³-hybridized carbons (Fsp3) is 0.438. The number of ether oxygens (including phenoxy) is 2. The molecular formula is C16H23N3O2. The van der Waals surface area contributed by atoms with Crippen LogP contribution in [0.25, 0.3) is 11.3 Å². The summed E-state index contributed by atoms with van der Waals surface area (Å²) in [5.41, 5.74) is 4.34. The van der Waals surface area contributed by atoms with E-state index in [1.165, 1.54) is 0 Å². The summed E-state index contributed by atoms with van der Waals surface area (Å²) < 4.78 is 10.7. The highest BCUT2D eigenvalue weighted by molar-refractivity contribution is 5.70. The van der Waals surface area contributed by atoms with Crippen molar-refractivity contribution in [2.24, 2.45) is 0 Å². The van der Waals surface area contributed by atoms with Gasteiger partial charge in [0.05, 0.1) is 26.1 Å². The van der Waals surface area contributed by atoms with E-state index in [0.29, 0.717) is 6.04 Å². The first-order valence-electron chi connectivity index (χ1n) is 7.05. The Balaban J connectivity index is 2.40. The van der Waals surface area contributed by atoms with E-state index >= 15 is 0 Å². The van der Waals surface area contributed by atoms with Gasteiger partial charge in [0.25, 0.3) is 0 Å². The molecule has 0 saturated heterocycles. The Hall–Kier alpha value is -2.01. The van der Waals surface area contributed by atoms with Crippen molar-refractivity contribution in [3.8, 4) is 22.8 Å². The number of rotatable bonds is 6. The van der Waals surface area contributed by atoms with Crippen LogP contribution in [-0.2, 0) is 6.54 Å². The first kappa shape index (κ1) is 15.4. The number of aromatic nitrogens is 2. The van der Waals surface area contributed by atoms with E-state index in [1.807, 2.05) is 18.3 Å². The highest BCUT2D eigenvalue weighted by atomic mass is 16.5. The number of hydrogen-bond acceptors (Lipinski definition) is 4. The van der Waals surface area contributed by atoms with Gasteiger partial charge in [-0.15, -0.1) is 0 Å². The van der Waals surface area contributed by atoms with Gasteiger partial charge in [-0.25, -0.2) is 0 Å². The van der Waals surface area contributed by atoms with Crippen LogP contribution in [0.2, 0.25) is 0 Å². The second kappa shape index (κ2) is 6.63. The first-order chi connectivity index (χ1) is 10.1. The highest BCUT2D eigenvalue weighted by Crippen LogP contribution is 2.35. The maximum Gasteiger partial charge on any atom is 0.161 e. The molecule has 0 aliphatic carbocycles. The predicted molar refractivity (Wildman–Crippen MR) is 83.8 cm³/mol. The van der Waals surface area contributed by atoms with E-state index in [1.54, 1.807) is 14.2 Å². The van der Waals surface area contributed by atoms with Crippen molar-refractivity contribution in [3.63, 3.8) is 0 Å². The Labute approximate surface area is 125 Å². The lowest BCUT2D eigenvalue weighted by atomic mass is 10.0. The second-order valence-corrected chi connectivity index (χ2v) is 5.33. The van der Waals surface area contributed by atoms with Crippen molar-refractivity contribution in [2.45, 2.75) is 33.4 Å².